The van der Waals surface area contributed by atoms with Crippen LogP contribution in [0.5, 0.6) is 5.88 Å². The molecule has 4 nitrogen and oxygen atoms in total. The van der Waals surface area contributed by atoms with Crippen molar-refractivity contribution < 1.29 is 9.47 Å². The topological polar surface area (TPSA) is 43.4 Å². The zero-order valence-electron chi connectivity index (χ0n) is 11.2. The molecule has 0 amide bonds. The fraction of sp³-hybridized carbons (Fsp3) is 0.267. The van der Waals surface area contributed by atoms with E-state index in [0.717, 1.165) is 5.56 Å². The summed E-state index contributed by atoms with van der Waals surface area (Å²) in [6.45, 7) is 6.20. The van der Waals surface area contributed by atoms with Gasteiger partial charge in [0.2, 0.25) is 5.88 Å². The Labute approximate surface area is 113 Å². The smallest absolute Gasteiger partial charge is 0.225 e. The van der Waals surface area contributed by atoms with Crippen LogP contribution < -0.4 is 10.1 Å². The van der Waals surface area contributed by atoms with E-state index in [1.165, 1.54) is 0 Å². The Morgan fingerprint density at radius 1 is 1.53 bits per heavy atom. The minimum atomic E-state index is -0.129. The van der Waals surface area contributed by atoms with E-state index in [0.29, 0.717) is 23.9 Å². The van der Waals surface area contributed by atoms with Gasteiger partial charge in [0.1, 0.15) is 11.9 Å². The molecule has 19 heavy (non-hydrogen) atoms. The Morgan fingerprint density at radius 2 is 2.37 bits per heavy atom. The van der Waals surface area contributed by atoms with Crippen LogP contribution in [0, 0.1) is 0 Å². The summed E-state index contributed by atoms with van der Waals surface area (Å²) in [6, 6.07) is 3.85. The molecule has 1 N–H and O–H groups in total. The lowest BCUT2D eigenvalue weighted by atomic mass is 10.1. The van der Waals surface area contributed by atoms with Crippen LogP contribution in [0.2, 0.25) is 0 Å². The second-order valence-electron chi connectivity index (χ2n) is 4.18. The first kappa shape index (κ1) is 13.4. The Bertz CT molecular complexity index is 521. The minimum absolute atomic E-state index is 0.129. The van der Waals surface area contributed by atoms with E-state index >= 15 is 0 Å². The molecule has 0 radical (unpaired) electrons. The summed E-state index contributed by atoms with van der Waals surface area (Å²) in [5.41, 5.74) is 0.943. The SMILES string of the molecule is C=C/C=C\C1=C(C)Oc2ncccc2C(CNC)O1. The number of aromatic nitrogens is 1. The van der Waals surface area contributed by atoms with E-state index in [-0.39, 0.29) is 6.10 Å². The highest BCUT2D eigenvalue weighted by Crippen LogP contribution is 2.33. The lowest BCUT2D eigenvalue weighted by Gasteiger charge is -2.17. The normalized spacial score (nSPS) is 18.5. The van der Waals surface area contributed by atoms with E-state index in [2.05, 4.69) is 16.9 Å². The van der Waals surface area contributed by atoms with Crippen molar-refractivity contribution in [1.29, 1.82) is 0 Å². The summed E-state index contributed by atoms with van der Waals surface area (Å²) >= 11 is 0. The van der Waals surface area contributed by atoms with E-state index in [1.807, 2.05) is 38.3 Å². The quantitative estimate of drug-likeness (QED) is 0.843. The molecule has 0 saturated heterocycles. The Balaban J connectivity index is 2.39. The van der Waals surface area contributed by atoms with Crippen molar-refractivity contribution in [2.45, 2.75) is 13.0 Å². The Kier molecular flexibility index (Phi) is 4.36. The zero-order chi connectivity index (χ0) is 13.7. The van der Waals surface area contributed by atoms with Gasteiger partial charge in [-0.1, -0.05) is 18.7 Å². The third kappa shape index (κ3) is 3.03. The van der Waals surface area contributed by atoms with E-state index in [9.17, 15) is 0 Å². The maximum absolute atomic E-state index is 6.01. The molecule has 2 heterocycles. The number of hydrogen-bond donors (Lipinski definition) is 1. The average Bonchev–Trinajstić information content (AvgIpc) is 2.55. The monoisotopic (exact) mass is 258 g/mol. The van der Waals surface area contributed by atoms with Gasteiger partial charge in [-0.15, -0.1) is 0 Å². The number of likely N-dealkylation sites (N-methyl/N-ethyl adjacent to an activating group) is 1. The predicted octanol–water partition coefficient (Wildman–Crippen LogP) is 2.72. The molecule has 0 saturated carbocycles. The molecule has 2 rings (SSSR count). The molecule has 1 aliphatic heterocycles. The standard InChI is InChI=1S/C15H18N2O2/c1-4-5-8-13-11(2)18-15-12(7-6-9-17-15)14(19-13)10-16-3/h4-9,14,16H,1,10H2,2-3H3/b8-5-. The van der Waals surface area contributed by atoms with Crippen LogP contribution in [0.15, 0.2) is 54.7 Å². The molecule has 1 aromatic rings. The highest BCUT2D eigenvalue weighted by molar-refractivity contribution is 5.34. The van der Waals surface area contributed by atoms with Gasteiger partial charge in [-0.3, -0.25) is 0 Å². The third-order valence-electron chi connectivity index (χ3n) is 2.79. The summed E-state index contributed by atoms with van der Waals surface area (Å²) < 4.78 is 11.8. The van der Waals surface area contributed by atoms with Gasteiger partial charge >= 0.3 is 0 Å². The number of rotatable bonds is 4. The van der Waals surface area contributed by atoms with Crippen molar-refractivity contribution in [2.75, 3.05) is 13.6 Å². The molecule has 1 aromatic heterocycles. The molecular formula is C15H18N2O2. The number of nitrogens with one attached hydrogen (secondary N) is 1. The van der Waals surface area contributed by atoms with E-state index in [1.54, 1.807) is 12.3 Å². The molecule has 0 fully saturated rings. The molecule has 1 aliphatic rings. The zero-order valence-corrected chi connectivity index (χ0v) is 11.2. The number of ether oxygens (including phenoxy) is 2. The number of fused-ring (bicyclic) bond motifs is 1. The largest absolute Gasteiger partial charge is 0.481 e. The summed E-state index contributed by atoms with van der Waals surface area (Å²) in [7, 11) is 1.89. The molecular weight excluding hydrogens is 240 g/mol. The van der Waals surface area contributed by atoms with Crippen molar-refractivity contribution in [2.24, 2.45) is 0 Å². The van der Waals surface area contributed by atoms with Crippen LogP contribution in [0.4, 0.5) is 0 Å². The third-order valence-corrected chi connectivity index (χ3v) is 2.79. The fourth-order valence-corrected chi connectivity index (χ4v) is 1.88. The maximum Gasteiger partial charge on any atom is 0.225 e. The summed E-state index contributed by atoms with van der Waals surface area (Å²) in [4.78, 5) is 4.27. The number of allylic oxidation sites excluding steroid dienone is 4. The molecule has 0 spiro atoms. The van der Waals surface area contributed by atoms with Gasteiger partial charge in [0.15, 0.2) is 5.76 Å². The second kappa shape index (κ2) is 6.20. The number of pyridine rings is 1. The van der Waals surface area contributed by atoms with Crippen LogP contribution >= 0.6 is 0 Å². The maximum atomic E-state index is 6.01. The van der Waals surface area contributed by atoms with Crippen LogP contribution in [-0.2, 0) is 4.74 Å². The van der Waals surface area contributed by atoms with Crippen molar-refractivity contribution >= 4 is 0 Å². The molecule has 1 atom stereocenters. The van der Waals surface area contributed by atoms with Gasteiger partial charge < -0.3 is 14.8 Å². The molecule has 100 valence electrons. The van der Waals surface area contributed by atoms with Gasteiger partial charge in [0.05, 0.1) is 5.56 Å². The number of nitrogens with zero attached hydrogens (tertiary/aromatic N) is 1. The Morgan fingerprint density at radius 3 is 3.11 bits per heavy atom. The van der Waals surface area contributed by atoms with Crippen molar-refractivity contribution in [3.05, 3.63) is 60.2 Å². The predicted molar refractivity (Wildman–Crippen MR) is 74.7 cm³/mol. The van der Waals surface area contributed by atoms with Crippen molar-refractivity contribution in [3.8, 4) is 5.88 Å². The van der Waals surface area contributed by atoms with Crippen LogP contribution in [0.25, 0.3) is 0 Å². The van der Waals surface area contributed by atoms with Gasteiger partial charge in [0, 0.05) is 12.7 Å². The second-order valence-corrected chi connectivity index (χ2v) is 4.18. The first-order valence-corrected chi connectivity index (χ1v) is 6.20. The summed E-state index contributed by atoms with van der Waals surface area (Å²) in [5.74, 6) is 1.98. The van der Waals surface area contributed by atoms with Crippen LogP contribution in [0.1, 0.15) is 18.6 Å². The molecule has 0 aliphatic carbocycles. The first-order chi connectivity index (χ1) is 9.26. The van der Waals surface area contributed by atoms with Gasteiger partial charge in [-0.2, -0.15) is 0 Å². The molecule has 0 aromatic carbocycles. The van der Waals surface area contributed by atoms with Gasteiger partial charge in [-0.25, -0.2) is 4.98 Å². The molecule has 0 bridgehead atoms. The highest BCUT2D eigenvalue weighted by atomic mass is 16.5. The first-order valence-electron chi connectivity index (χ1n) is 6.20. The van der Waals surface area contributed by atoms with Crippen molar-refractivity contribution in [1.82, 2.24) is 10.3 Å². The minimum Gasteiger partial charge on any atom is -0.481 e. The lowest BCUT2D eigenvalue weighted by Crippen LogP contribution is -2.19. The fourth-order valence-electron chi connectivity index (χ4n) is 1.88. The van der Waals surface area contributed by atoms with Crippen LogP contribution in [-0.4, -0.2) is 18.6 Å². The van der Waals surface area contributed by atoms with Crippen molar-refractivity contribution in [3.63, 3.8) is 0 Å². The Hall–Kier alpha value is -2.07. The highest BCUT2D eigenvalue weighted by Gasteiger charge is 2.24. The molecule has 4 heteroatoms. The number of hydrogen-bond acceptors (Lipinski definition) is 4. The summed E-state index contributed by atoms with van der Waals surface area (Å²) in [6.07, 6.45) is 6.95. The lowest BCUT2D eigenvalue weighted by molar-refractivity contribution is 0.125. The van der Waals surface area contributed by atoms with Gasteiger partial charge in [0.25, 0.3) is 0 Å². The molecule has 1 unspecified atom stereocenters. The average molecular weight is 258 g/mol. The summed E-state index contributed by atoms with van der Waals surface area (Å²) in [5, 5.41) is 3.12. The van der Waals surface area contributed by atoms with Crippen LogP contribution in [0.3, 0.4) is 0 Å². The van der Waals surface area contributed by atoms with E-state index < -0.39 is 0 Å². The van der Waals surface area contributed by atoms with Gasteiger partial charge in [-0.05, 0) is 32.2 Å². The van der Waals surface area contributed by atoms with E-state index in [4.69, 9.17) is 9.47 Å².